The van der Waals surface area contributed by atoms with Crippen molar-refractivity contribution in [2.75, 3.05) is 11.9 Å². The van der Waals surface area contributed by atoms with Crippen LogP contribution in [0.4, 0.5) is 5.69 Å². The molecule has 0 atom stereocenters. The first-order valence-electron chi connectivity index (χ1n) is 8.67. The number of rotatable bonds is 8. The van der Waals surface area contributed by atoms with E-state index < -0.39 is 0 Å². The molecule has 0 bridgehead atoms. The minimum absolute atomic E-state index is 0.187. The fourth-order valence-corrected chi connectivity index (χ4v) is 2.23. The lowest BCUT2D eigenvalue weighted by Crippen LogP contribution is -2.28. The number of nitrogens with one attached hydrogen (secondary N) is 2. The third-order valence-electron chi connectivity index (χ3n) is 3.54. The van der Waals surface area contributed by atoms with Crippen LogP contribution in [-0.2, 0) is 9.59 Å². The first-order chi connectivity index (χ1) is 12.6. The fraction of sp³-hybridized carbons (Fsp3) is 0.238. The minimum atomic E-state index is -0.385. The molecule has 0 spiro atoms. The molecule has 0 radical (unpaired) electrons. The van der Waals surface area contributed by atoms with E-state index in [1.54, 1.807) is 18.2 Å². The molecule has 2 amide bonds. The number of anilines is 1. The van der Waals surface area contributed by atoms with E-state index in [0.717, 1.165) is 24.2 Å². The summed E-state index contributed by atoms with van der Waals surface area (Å²) >= 11 is 0. The van der Waals surface area contributed by atoms with Crippen LogP contribution in [0.2, 0.25) is 0 Å². The summed E-state index contributed by atoms with van der Waals surface area (Å²) in [4.78, 5) is 23.9. The summed E-state index contributed by atoms with van der Waals surface area (Å²) in [7, 11) is 0. The molecule has 5 nitrogen and oxygen atoms in total. The molecule has 136 valence electrons. The van der Waals surface area contributed by atoms with E-state index in [1.807, 2.05) is 42.5 Å². The van der Waals surface area contributed by atoms with Crippen molar-refractivity contribution >= 4 is 23.6 Å². The standard InChI is InChI=1S/C21H24N2O3/c1-3-4-14-26-19-12-10-18(11-13-19)23-21(25)20(22-16(2)24)15-17-8-6-5-7-9-17/h5-13,15H,3-4,14H2,1-2H3,(H,22,24)(H,23,25)/b20-15-. The Morgan fingerprint density at radius 2 is 1.73 bits per heavy atom. The monoisotopic (exact) mass is 352 g/mol. The zero-order valence-corrected chi connectivity index (χ0v) is 15.1. The van der Waals surface area contributed by atoms with Crippen molar-refractivity contribution in [3.63, 3.8) is 0 Å². The molecular weight excluding hydrogens is 328 g/mol. The first kappa shape index (κ1) is 19.2. The molecule has 0 aliphatic heterocycles. The van der Waals surface area contributed by atoms with Crippen molar-refractivity contribution in [2.24, 2.45) is 0 Å². The smallest absolute Gasteiger partial charge is 0.272 e. The summed E-state index contributed by atoms with van der Waals surface area (Å²) in [5.74, 6) is 0.0732. The Bertz CT molecular complexity index is 753. The number of amides is 2. The van der Waals surface area contributed by atoms with Gasteiger partial charge in [0.2, 0.25) is 5.91 Å². The molecule has 0 saturated carbocycles. The second kappa shape index (κ2) is 10.0. The summed E-state index contributed by atoms with van der Waals surface area (Å²) in [6, 6.07) is 16.5. The molecule has 2 N–H and O–H groups in total. The van der Waals surface area contributed by atoms with Crippen molar-refractivity contribution in [1.29, 1.82) is 0 Å². The number of carbonyl (C=O) groups is 2. The molecule has 5 heteroatoms. The number of benzene rings is 2. The van der Waals surface area contributed by atoms with Crippen LogP contribution in [0.25, 0.3) is 6.08 Å². The third kappa shape index (κ3) is 6.43. The van der Waals surface area contributed by atoms with E-state index in [1.165, 1.54) is 6.92 Å². The zero-order valence-electron chi connectivity index (χ0n) is 15.1. The Hall–Kier alpha value is -3.08. The van der Waals surface area contributed by atoms with Crippen LogP contribution in [0.3, 0.4) is 0 Å². The zero-order chi connectivity index (χ0) is 18.8. The topological polar surface area (TPSA) is 67.4 Å². The maximum Gasteiger partial charge on any atom is 0.272 e. The maximum absolute atomic E-state index is 12.5. The van der Waals surface area contributed by atoms with Crippen molar-refractivity contribution in [1.82, 2.24) is 5.32 Å². The number of hydrogen-bond donors (Lipinski definition) is 2. The molecule has 0 aliphatic carbocycles. The molecule has 0 fully saturated rings. The van der Waals surface area contributed by atoms with E-state index in [2.05, 4.69) is 17.6 Å². The van der Waals surface area contributed by atoms with Crippen LogP contribution < -0.4 is 15.4 Å². The average molecular weight is 352 g/mol. The Morgan fingerprint density at radius 3 is 2.35 bits per heavy atom. The number of hydrogen-bond acceptors (Lipinski definition) is 3. The van der Waals surface area contributed by atoms with Gasteiger partial charge in [0.25, 0.3) is 5.91 Å². The molecule has 2 aromatic rings. The SMILES string of the molecule is CCCCOc1ccc(NC(=O)/C(=C/c2ccccc2)NC(C)=O)cc1. The van der Waals surface area contributed by atoms with Gasteiger partial charge < -0.3 is 15.4 Å². The third-order valence-corrected chi connectivity index (χ3v) is 3.54. The summed E-state index contributed by atoms with van der Waals surface area (Å²) in [6.45, 7) is 4.15. The van der Waals surface area contributed by atoms with E-state index in [4.69, 9.17) is 4.74 Å². The van der Waals surface area contributed by atoms with Gasteiger partial charge in [0.1, 0.15) is 11.4 Å². The van der Waals surface area contributed by atoms with E-state index in [-0.39, 0.29) is 17.5 Å². The quantitative estimate of drug-likeness (QED) is 0.558. The predicted octanol–water partition coefficient (Wildman–Crippen LogP) is 3.98. The van der Waals surface area contributed by atoms with Crippen molar-refractivity contribution in [2.45, 2.75) is 26.7 Å². The van der Waals surface area contributed by atoms with E-state index in [0.29, 0.717) is 12.3 Å². The van der Waals surface area contributed by atoms with Gasteiger partial charge in [-0.3, -0.25) is 9.59 Å². The second-order valence-electron chi connectivity index (χ2n) is 5.83. The van der Waals surface area contributed by atoms with Gasteiger partial charge in [0, 0.05) is 12.6 Å². The number of unbranched alkanes of at least 4 members (excludes halogenated alkanes) is 1. The van der Waals surface area contributed by atoms with Crippen LogP contribution in [-0.4, -0.2) is 18.4 Å². The molecule has 0 aliphatic rings. The molecule has 2 aromatic carbocycles. The fourth-order valence-electron chi connectivity index (χ4n) is 2.23. The maximum atomic E-state index is 12.5. The van der Waals surface area contributed by atoms with Crippen molar-refractivity contribution in [3.05, 3.63) is 65.9 Å². The van der Waals surface area contributed by atoms with Crippen LogP contribution in [0.5, 0.6) is 5.75 Å². The summed E-state index contributed by atoms with van der Waals surface area (Å²) < 4.78 is 5.60. The van der Waals surface area contributed by atoms with Gasteiger partial charge in [0.15, 0.2) is 0 Å². The first-order valence-corrected chi connectivity index (χ1v) is 8.67. The number of ether oxygens (including phenoxy) is 1. The average Bonchev–Trinajstić information content (AvgIpc) is 2.63. The lowest BCUT2D eigenvalue weighted by Gasteiger charge is -2.11. The van der Waals surface area contributed by atoms with Gasteiger partial charge in [-0.2, -0.15) is 0 Å². The van der Waals surface area contributed by atoms with Crippen LogP contribution in [0.15, 0.2) is 60.3 Å². The molecule has 0 heterocycles. The van der Waals surface area contributed by atoms with Crippen LogP contribution in [0.1, 0.15) is 32.3 Å². The highest BCUT2D eigenvalue weighted by atomic mass is 16.5. The predicted molar refractivity (Wildman–Crippen MR) is 104 cm³/mol. The lowest BCUT2D eigenvalue weighted by atomic mass is 10.2. The Balaban J connectivity index is 2.06. The summed E-state index contributed by atoms with van der Waals surface area (Å²) in [5.41, 5.74) is 1.64. The molecule has 0 unspecified atom stereocenters. The Labute approximate surface area is 154 Å². The van der Waals surface area contributed by atoms with Crippen molar-refractivity contribution in [3.8, 4) is 5.75 Å². The minimum Gasteiger partial charge on any atom is -0.494 e. The van der Waals surface area contributed by atoms with Gasteiger partial charge in [-0.15, -0.1) is 0 Å². The molecule has 2 rings (SSSR count). The molecule has 26 heavy (non-hydrogen) atoms. The second-order valence-corrected chi connectivity index (χ2v) is 5.83. The Kier molecular flexibility index (Phi) is 7.43. The Morgan fingerprint density at radius 1 is 1.04 bits per heavy atom. The van der Waals surface area contributed by atoms with E-state index in [9.17, 15) is 9.59 Å². The van der Waals surface area contributed by atoms with Gasteiger partial charge in [-0.1, -0.05) is 43.7 Å². The highest BCUT2D eigenvalue weighted by Gasteiger charge is 2.11. The van der Waals surface area contributed by atoms with E-state index >= 15 is 0 Å². The molecule has 0 aromatic heterocycles. The molecular formula is C21H24N2O3. The highest BCUT2D eigenvalue weighted by Crippen LogP contribution is 2.17. The van der Waals surface area contributed by atoms with Gasteiger partial charge in [-0.25, -0.2) is 0 Å². The highest BCUT2D eigenvalue weighted by molar-refractivity contribution is 6.08. The van der Waals surface area contributed by atoms with Gasteiger partial charge >= 0.3 is 0 Å². The summed E-state index contributed by atoms with van der Waals surface area (Å²) in [6.07, 6.45) is 3.72. The van der Waals surface area contributed by atoms with Gasteiger partial charge in [-0.05, 0) is 42.3 Å². The van der Waals surface area contributed by atoms with Gasteiger partial charge in [0.05, 0.1) is 6.61 Å². The van der Waals surface area contributed by atoms with Crippen LogP contribution in [0, 0.1) is 0 Å². The largest absolute Gasteiger partial charge is 0.494 e. The molecule has 0 saturated heterocycles. The lowest BCUT2D eigenvalue weighted by molar-refractivity contribution is -0.120. The number of carbonyl (C=O) groups excluding carboxylic acids is 2. The van der Waals surface area contributed by atoms with Crippen LogP contribution >= 0.6 is 0 Å². The van der Waals surface area contributed by atoms with Crippen molar-refractivity contribution < 1.29 is 14.3 Å². The summed E-state index contributed by atoms with van der Waals surface area (Å²) in [5, 5.41) is 5.36. The normalized spacial score (nSPS) is 10.9.